The van der Waals surface area contributed by atoms with E-state index in [1.54, 1.807) is 25.3 Å². The first-order chi connectivity index (χ1) is 8.69. The van der Waals surface area contributed by atoms with Crippen molar-refractivity contribution in [2.24, 2.45) is 0 Å². The van der Waals surface area contributed by atoms with E-state index in [9.17, 15) is 4.79 Å². The first-order valence-corrected chi connectivity index (χ1v) is 6.02. The largest absolute Gasteiger partial charge is 0.490 e. The first-order valence-electron chi connectivity index (χ1n) is 5.64. The molecule has 0 aromatic heterocycles. The minimum atomic E-state index is -0.324. The second kappa shape index (κ2) is 7.79. The summed E-state index contributed by atoms with van der Waals surface area (Å²) in [5, 5.41) is 5.79. The Morgan fingerprint density at radius 2 is 2.22 bits per heavy atom. The molecule has 0 saturated carbocycles. The summed E-state index contributed by atoms with van der Waals surface area (Å²) in [4.78, 5) is 11.6. The molecule has 2 N–H and O–H groups in total. The average molecular weight is 273 g/mol. The molecule has 1 rings (SSSR count). The SMILES string of the molecule is CCOc1c(Cl)cccc1NC(=O)NCCOC. The molecule has 0 fully saturated rings. The Balaban J connectivity index is 2.65. The number of nitrogens with one attached hydrogen (secondary N) is 2. The first kappa shape index (κ1) is 14.6. The van der Waals surface area contributed by atoms with Crippen molar-refractivity contribution in [2.75, 3.05) is 32.2 Å². The molecular formula is C12H17ClN2O3. The van der Waals surface area contributed by atoms with Crippen LogP contribution in [0.4, 0.5) is 10.5 Å². The Hall–Kier alpha value is -1.46. The summed E-state index contributed by atoms with van der Waals surface area (Å²) in [6.07, 6.45) is 0. The fourth-order valence-corrected chi connectivity index (χ4v) is 1.56. The van der Waals surface area contributed by atoms with Crippen LogP contribution in [-0.2, 0) is 4.74 Å². The minimum absolute atomic E-state index is 0.324. The van der Waals surface area contributed by atoms with Gasteiger partial charge in [-0.05, 0) is 19.1 Å². The normalized spacial score (nSPS) is 9.94. The van der Waals surface area contributed by atoms with Crippen LogP contribution >= 0.6 is 11.6 Å². The van der Waals surface area contributed by atoms with Gasteiger partial charge in [0.1, 0.15) is 0 Å². The van der Waals surface area contributed by atoms with Crippen LogP contribution < -0.4 is 15.4 Å². The highest BCUT2D eigenvalue weighted by molar-refractivity contribution is 6.32. The van der Waals surface area contributed by atoms with Gasteiger partial charge in [-0.3, -0.25) is 0 Å². The molecule has 5 nitrogen and oxygen atoms in total. The number of benzene rings is 1. The maximum atomic E-state index is 11.6. The van der Waals surface area contributed by atoms with E-state index in [4.69, 9.17) is 21.1 Å². The summed E-state index contributed by atoms with van der Waals surface area (Å²) >= 11 is 6.00. The van der Waals surface area contributed by atoms with Crippen molar-refractivity contribution in [1.82, 2.24) is 5.32 Å². The van der Waals surface area contributed by atoms with Gasteiger partial charge in [0.2, 0.25) is 0 Å². The average Bonchev–Trinajstić information content (AvgIpc) is 2.34. The van der Waals surface area contributed by atoms with Crippen LogP contribution in [0, 0.1) is 0 Å². The van der Waals surface area contributed by atoms with E-state index >= 15 is 0 Å². The Morgan fingerprint density at radius 1 is 1.44 bits per heavy atom. The predicted molar refractivity (Wildman–Crippen MR) is 71.5 cm³/mol. The van der Waals surface area contributed by atoms with Crippen LogP contribution in [0.25, 0.3) is 0 Å². The highest BCUT2D eigenvalue weighted by Gasteiger charge is 2.10. The van der Waals surface area contributed by atoms with Crippen LogP contribution in [0.1, 0.15) is 6.92 Å². The zero-order valence-electron chi connectivity index (χ0n) is 10.5. The van der Waals surface area contributed by atoms with Crippen LogP contribution in [0.5, 0.6) is 5.75 Å². The highest BCUT2D eigenvalue weighted by atomic mass is 35.5. The Kier molecular flexibility index (Phi) is 6.32. The van der Waals surface area contributed by atoms with Gasteiger partial charge in [-0.2, -0.15) is 0 Å². The molecule has 100 valence electrons. The van der Waals surface area contributed by atoms with Gasteiger partial charge in [0, 0.05) is 13.7 Å². The van der Waals surface area contributed by atoms with Gasteiger partial charge in [-0.1, -0.05) is 17.7 Å². The lowest BCUT2D eigenvalue weighted by Crippen LogP contribution is -2.31. The number of methoxy groups -OCH3 is 1. The number of anilines is 1. The van der Waals surface area contributed by atoms with Crippen molar-refractivity contribution in [3.05, 3.63) is 23.2 Å². The van der Waals surface area contributed by atoms with Crippen LogP contribution in [0.3, 0.4) is 0 Å². The van der Waals surface area contributed by atoms with Crippen molar-refractivity contribution in [3.8, 4) is 5.75 Å². The second-order valence-corrected chi connectivity index (χ2v) is 3.83. The molecule has 0 bridgehead atoms. The fraction of sp³-hybridized carbons (Fsp3) is 0.417. The zero-order valence-corrected chi connectivity index (χ0v) is 11.2. The number of hydrogen-bond donors (Lipinski definition) is 2. The van der Waals surface area contributed by atoms with Crippen LogP contribution in [-0.4, -0.2) is 32.9 Å². The molecule has 0 aliphatic carbocycles. The van der Waals surface area contributed by atoms with Gasteiger partial charge in [0.15, 0.2) is 5.75 Å². The third kappa shape index (κ3) is 4.43. The third-order valence-electron chi connectivity index (χ3n) is 2.10. The molecule has 0 radical (unpaired) electrons. The van der Waals surface area contributed by atoms with E-state index in [-0.39, 0.29) is 6.03 Å². The van der Waals surface area contributed by atoms with E-state index in [1.165, 1.54) is 0 Å². The second-order valence-electron chi connectivity index (χ2n) is 3.42. The number of urea groups is 1. The van der Waals surface area contributed by atoms with Crippen molar-refractivity contribution >= 4 is 23.3 Å². The molecule has 0 atom stereocenters. The summed E-state index contributed by atoms with van der Waals surface area (Å²) < 4.78 is 10.2. The lowest BCUT2D eigenvalue weighted by molar-refractivity contribution is 0.198. The van der Waals surface area contributed by atoms with Gasteiger partial charge < -0.3 is 20.1 Å². The molecule has 0 unspecified atom stereocenters. The lowest BCUT2D eigenvalue weighted by atomic mass is 10.3. The minimum Gasteiger partial charge on any atom is -0.490 e. The molecule has 0 spiro atoms. The molecule has 2 amide bonds. The molecule has 0 aliphatic heterocycles. The summed E-state index contributed by atoms with van der Waals surface area (Å²) in [5.41, 5.74) is 0.541. The van der Waals surface area contributed by atoms with Crippen molar-refractivity contribution < 1.29 is 14.3 Å². The summed E-state index contributed by atoms with van der Waals surface area (Å²) in [5.74, 6) is 0.476. The summed E-state index contributed by atoms with van der Waals surface area (Å²) in [7, 11) is 1.57. The number of hydrogen-bond acceptors (Lipinski definition) is 3. The maximum absolute atomic E-state index is 11.6. The van der Waals surface area contributed by atoms with Gasteiger partial charge in [0.25, 0.3) is 0 Å². The van der Waals surface area contributed by atoms with Crippen molar-refractivity contribution in [3.63, 3.8) is 0 Å². The molecule has 0 saturated heterocycles. The van der Waals surface area contributed by atoms with Crippen LogP contribution in [0.2, 0.25) is 5.02 Å². The molecular weight excluding hydrogens is 256 g/mol. The monoisotopic (exact) mass is 272 g/mol. The number of para-hydroxylation sites is 1. The number of ether oxygens (including phenoxy) is 2. The molecule has 6 heteroatoms. The Bertz CT molecular complexity index is 399. The molecule has 0 heterocycles. The van der Waals surface area contributed by atoms with Gasteiger partial charge >= 0.3 is 6.03 Å². The third-order valence-corrected chi connectivity index (χ3v) is 2.39. The standard InChI is InChI=1S/C12H17ClN2O3/c1-3-18-11-9(13)5-4-6-10(11)15-12(16)14-7-8-17-2/h4-6H,3,7-8H2,1-2H3,(H2,14,15,16). The predicted octanol–water partition coefficient (Wildman–Crippen LogP) is 2.51. The summed E-state index contributed by atoms with van der Waals surface area (Å²) in [6.45, 7) is 3.23. The van der Waals surface area contributed by atoms with Crippen molar-refractivity contribution in [1.29, 1.82) is 0 Å². The Morgan fingerprint density at radius 3 is 2.89 bits per heavy atom. The zero-order chi connectivity index (χ0) is 13.4. The van der Waals surface area contributed by atoms with E-state index in [1.807, 2.05) is 6.92 Å². The number of rotatable bonds is 6. The number of halogens is 1. The summed E-state index contributed by atoms with van der Waals surface area (Å²) in [6, 6.07) is 4.86. The Labute approximate surface area is 111 Å². The van der Waals surface area contributed by atoms with E-state index < -0.39 is 0 Å². The smallest absolute Gasteiger partial charge is 0.319 e. The molecule has 1 aromatic carbocycles. The quantitative estimate of drug-likeness (QED) is 0.782. The van der Waals surface area contributed by atoms with E-state index in [2.05, 4.69) is 10.6 Å². The molecule has 0 aliphatic rings. The van der Waals surface area contributed by atoms with Crippen molar-refractivity contribution in [2.45, 2.75) is 6.92 Å². The van der Waals surface area contributed by atoms with E-state index in [0.717, 1.165) is 0 Å². The lowest BCUT2D eigenvalue weighted by Gasteiger charge is -2.13. The topological polar surface area (TPSA) is 59.6 Å². The maximum Gasteiger partial charge on any atom is 0.319 e. The van der Waals surface area contributed by atoms with E-state index in [0.29, 0.717) is 36.2 Å². The molecule has 18 heavy (non-hydrogen) atoms. The fourth-order valence-electron chi connectivity index (χ4n) is 1.33. The number of carbonyl (C=O) groups is 1. The van der Waals surface area contributed by atoms with Gasteiger partial charge in [-0.15, -0.1) is 0 Å². The molecule has 1 aromatic rings. The van der Waals surface area contributed by atoms with Gasteiger partial charge in [0.05, 0.1) is 23.9 Å². The number of carbonyl (C=O) groups excluding carboxylic acids is 1. The highest BCUT2D eigenvalue weighted by Crippen LogP contribution is 2.32. The van der Waals surface area contributed by atoms with Gasteiger partial charge in [-0.25, -0.2) is 4.79 Å². The van der Waals surface area contributed by atoms with Crippen LogP contribution in [0.15, 0.2) is 18.2 Å². The number of amides is 2.